The van der Waals surface area contributed by atoms with Gasteiger partial charge in [-0.25, -0.2) is 9.69 Å². The third kappa shape index (κ3) is 5.93. The third-order valence-corrected chi connectivity index (χ3v) is 6.31. The molecule has 1 saturated heterocycles. The Balaban J connectivity index is 1.69. The van der Waals surface area contributed by atoms with Crippen LogP contribution in [0.15, 0.2) is 83.4 Å². The molecular formula is C28H22BrClN2O5. The molecule has 1 fully saturated rings. The van der Waals surface area contributed by atoms with E-state index >= 15 is 0 Å². The highest BCUT2D eigenvalue weighted by Crippen LogP contribution is 2.35. The van der Waals surface area contributed by atoms with Crippen LogP contribution in [0.1, 0.15) is 16.7 Å². The second-order valence-corrected chi connectivity index (χ2v) is 9.41. The van der Waals surface area contributed by atoms with Gasteiger partial charge in [0.25, 0.3) is 11.8 Å². The van der Waals surface area contributed by atoms with Gasteiger partial charge in [-0.15, -0.1) is 6.58 Å². The number of nitrogens with one attached hydrogen (secondary N) is 1. The molecule has 0 spiro atoms. The summed E-state index contributed by atoms with van der Waals surface area (Å²) >= 11 is 9.35. The van der Waals surface area contributed by atoms with Crippen LogP contribution in [0.2, 0.25) is 5.02 Å². The Bertz CT molecular complexity index is 1400. The Morgan fingerprint density at radius 3 is 2.41 bits per heavy atom. The molecule has 1 aliphatic heterocycles. The molecule has 1 N–H and O–H groups in total. The summed E-state index contributed by atoms with van der Waals surface area (Å²) in [7, 11) is 1.51. The van der Waals surface area contributed by atoms with Crippen molar-refractivity contribution in [3.8, 4) is 11.5 Å². The van der Waals surface area contributed by atoms with Crippen molar-refractivity contribution in [3.63, 3.8) is 0 Å². The lowest BCUT2D eigenvalue weighted by atomic mass is 10.0. The number of hydrogen-bond acceptors (Lipinski definition) is 5. The minimum Gasteiger partial charge on any atom is -0.493 e. The summed E-state index contributed by atoms with van der Waals surface area (Å²) in [6.45, 7) is 4.13. The van der Waals surface area contributed by atoms with E-state index in [1.54, 1.807) is 30.3 Å². The minimum atomic E-state index is -0.837. The van der Waals surface area contributed by atoms with Crippen molar-refractivity contribution in [2.45, 2.75) is 13.0 Å². The monoisotopic (exact) mass is 580 g/mol. The summed E-state index contributed by atoms with van der Waals surface area (Å²) in [5.41, 5.74) is 2.33. The van der Waals surface area contributed by atoms with Gasteiger partial charge in [-0.05, 0) is 72.2 Å². The molecule has 0 radical (unpaired) electrons. The largest absolute Gasteiger partial charge is 0.493 e. The number of ether oxygens (including phenoxy) is 2. The maximum atomic E-state index is 13.2. The van der Waals surface area contributed by atoms with Crippen LogP contribution >= 0.6 is 27.5 Å². The number of rotatable bonds is 8. The molecule has 0 saturated carbocycles. The Hall–Kier alpha value is -3.88. The molecule has 0 bridgehead atoms. The lowest BCUT2D eigenvalue weighted by molar-refractivity contribution is -0.122. The molecule has 1 aliphatic rings. The molecule has 0 aromatic heterocycles. The lowest BCUT2D eigenvalue weighted by Gasteiger charge is -2.26. The van der Waals surface area contributed by atoms with Gasteiger partial charge in [0.2, 0.25) is 0 Å². The van der Waals surface area contributed by atoms with Gasteiger partial charge in [-0.2, -0.15) is 0 Å². The number of amides is 4. The average Bonchev–Trinajstić information content (AvgIpc) is 2.88. The fourth-order valence-corrected chi connectivity index (χ4v) is 4.16. The predicted octanol–water partition coefficient (Wildman–Crippen LogP) is 6.09. The molecule has 0 atom stereocenters. The van der Waals surface area contributed by atoms with Crippen molar-refractivity contribution in [3.05, 3.63) is 105 Å². The highest BCUT2D eigenvalue weighted by Gasteiger charge is 2.36. The average molecular weight is 582 g/mol. The third-order valence-electron chi connectivity index (χ3n) is 5.53. The van der Waals surface area contributed by atoms with E-state index in [1.807, 2.05) is 24.3 Å². The summed E-state index contributed by atoms with van der Waals surface area (Å²) < 4.78 is 12.7. The van der Waals surface area contributed by atoms with Gasteiger partial charge in [0.15, 0.2) is 11.5 Å². The Labute approximate surface area is 227 Å². The molecule has 3 aromatic carbocycles. The van der Waals surface area contributed by atoms with E-state index in [4.69, 9.17) is 21.1 Å². The van der Waals surface area contributed by atoms with Crippen molar-refractivity contribution in [1.82, 2.24) is 5.32 Å². The van der Waals surface area contributed by atoms with Crippen LogP contribution in [0.3, 0.4) is 0 Å². The molecule has 4 amide bonds. The molecular weight excluding hydrogens is 560 g/mol. The van der Waals surface area contributed by atoms with Crippen molar-refractivity contribution in [2.75, 3.05) is 12.0 Å². The van der Waals surface area contributed by atoms with Crippen LogP contribution in [-0.4, -0.2) is 25.0 Å². The first-order valence-electron chi connectivity index (χ1n) is 11.2. The van der Waals surface area contributed by atoms with Crippen molar-refractivity contribution >= 4 is 57.1 Å². The Morgan fingerprint density at radius 1 is 1.05 bits per heavy atom. The second kappa shape index (κ2) is 11.5. The normalized spacial score (nSPS) is 14.5. The predicted molar refractivity (Wildman–Crippen MR) is 146 cm³/mol. The smallest absolute Gasteiger partial charge is 0.335 e. The quantitative estimate of drug-likeness (QED) is 0.198. The Morgan fingerprint density at radius 2 is 1.76 bits per heavy atom. The standard InChI is InChI=1S/C28H22BrClN2O5/c1-3-4-19-13-18(15-24(36-2)25(19)37-16-17-5-7-20(29)8-6-17)14-23-26(33)31-28(35)32(27(23)34)22-11-9-21(30)10-12-22/h3,5-15H,1,4,16H2,2H3,(H,31,33,35)/b23-14+. The van der Waals surface area contributed by atoms with Gasteiger partial charge in [-0.3, -0.25) is 14.9 Å². The van der Waals surface area contributed by atoms with Gasteiger partial charge in [0.05, 0.1) is 12.8 Å². The van der Waals surface area contributed by atoms with Gasteiger partial charge in [0, 0.05) is 15.1 Å². The fourth-order valence-electron chi connectivity index (χ4n) is 3.77. The number of benzene rings is 3. The number of allylic oxidation sites excluding steroid dienone is 1. The Kier molecular flexibility index (Phi) is 8.11. The number of carbonyl (C=O) groups is 3. The van der Waals surface area contributed by atoms with E-state index in [2.05, 4.69) is 27.8 Å². The zero-order valence-electron chi connectivity index (χ0n) is 19.8. The summed E-state index contributed by atoms with van der Waals surface area (Å²) in [5, 5.41) is 2.66. The maximum absolute atomic E-state index is 13.2. The molecule has 9 heteroatoms. The number of urea groups is 1. The number of barbiturate groups is 1. The van der Waals surface area contributed by atoms with Crippen LogP contribution in [-0.2, 0) is 22.6 Å². The van der Waals surface area contributed by atoms with E-state index in [0.717, 1.165) is 20.5 Å². The first-order chi connectivity index (χ1) is 17.8. The van der Waals surface area contributed by atoms with Crippen LogP contribution < -0.4 is 19.7 Å². The highest BCUT2D eigenvalue weighted by atomic mass is 79.9. The fraction of sp³-hybridized carbons (Fsp3) is 0.107. The van der Waals surface area contributed by atoms with Gasteiger partial charge in [0.1, 0.15) is 12.2 Å². The topological polar surface area (TPSA) is 84.9 Å². The second-order valence-electron chi connectivity index (χ2n) is 8.05. The zero-order chi connectivity index (χ0) is 26.5. The van der Waals surface area contributed by atoms with Crippen LogP contribution in [0.4, 0.5) is 10.5 Å². The molecule has 1 heterocycles. The number of nitrogens with zero attached hydrogens (tertiary/aromatic N) is 1. The SMILES string of the molecule is C=CCc1cc(/C=C2\C(=O)NC(=O)N(c3ccc(Cl)cc3)C2=O)cc(OC)c1OCc1ccc(Br)cc1. The van der Waals surface area contributed by atoms with Crippen LogP contribution in [0, 0.1) is 0 Å². The van der Waals surface area contributed by atoms with Gasteiger partial charge in [-0.1, -0.05) is 45.7 Å². The first-order valence-corrected chi connectivity index (χ1v) is 12.3. The van der Waals surface area contributed by atoms with Gasteiger partial charge >= 0.3 is 6.03 Å². The molecule has 0 unspecified atom stereocenters. The zero-order valence-corrected chi connectivity index (χ0v) is 22.1. The van der Waals surface area contributed by atoms with Crippen LogP contribution in [0.25, 0.3) is 6.08 Å². The highest BCUT2D eigenvalue weighted by molar-refractivity contribution is 9.10. The number of methoxy groups -OCH3 is 1. The van der Waals surface area contributed by atoms with Crippen LogP contribution in [0.5, 0.6) is 11.5 Å². The molecule has 7 nitrogen and oxygen atoms in total. The summed E-state index contributed by atoms with van der Waals surface area (Å²) in [5.74, 6) is -0.585. The maximum Gasteiger partial charge on any atom is 0.335 e. The molecule has 0 aliphatic carbocycles. The number of carbonyl (C=O) groups excluding carboxylic acids is 3. The lowest BCUT2D eigenvalue weighted by Crippen LogP contribution is -2.54. The molecule has 37 heavy (non-hydrogen) atoms. The van der Waals surface area contributed by atoms with E-state index in [9.17, 15) is 14.4 Å². The summed E-state index contributed by atoms with van der Waals surface area (Å²) in [6, 6.07) is 16.5. The van der Waals surface area contributed by atoms with Crippen molar-refractivity contribution < 1.29 is 23.9 Å². The van der Waals surface area contributed by atoms with Crippen molar-refractivity contribution in [2.24, 2.45) is 0 Å². The molecule has 4 rings (SSSR count). The summed E-state index contributed by atoms with van der Waals surface area (Å²) in [6.07, 6.45) is 3.59. The summed E-state index contributed by atoms with van der Waals surface area (Å²) in [4.78, 5) is 39.2. The molecule has 3 aromatic rings. The number of halogens is 2. The number of anilines is 1. The number of hydrogen-bond donors (Lipinski definition) is 1. The van der Waals surface area contributed by atoms with E-state index in [0.29, 0.717) is 35.1 Å². The molecule has 188 valence electrons. The van der Waals surface area contributed by atoms with E-state index in [1.165, 1.54) is 25.3 Å². The van der Waals surface area contributed by atoms with Gasteiger partial charge < -0.3 is 9.47 Å². The minimum absolute atomic E-state index is 0.204. The van der Waals surface area contributed by atoms with Crippen molar-refractivity contribution in [1.29, 1.82) is 0 Å². The van der Waals surface area contributed by atoms with E-state index in [-0.39, 0.29) is 11.3 Å². The van der Waals surface area contributed by atoms with E-state index < -0.39 is 17.8 Å². The first kappa shape index (κ1) is 26.2. The number of imide groups is 2.